The fourth-order valence-corrected chi connectivity index (χ4v) is 7.40. The van der Waals surface area contributed by atoms with Crippen molar-refractivity contribution in [2.75, 3.05) is 0 Å². The third-order valence-corrected chi connectivity index (χ3v) is 9.41. The zero-order chi connectivity index (χ0) is 25.4. The van der Waals surface area contributed by atoms with E-state index >= 15 is 0 Å². The van der Waals surface area contributed by atoms with Crippen molar-refractivity contribution < 1.29 is 4.57 Å². The molecule has 2 aromatic heterocycles. The van der Waals surface area contributed by atoms with Crippen LogP contribution < -0.4 is 4.57 Å². The molecule has 2 aliphatic rings. The Morgan fingerprint density at radius 3 is 2.31 bits per heavy atom. The molecule has 0 radical (unpaired) electrons. The molecule has 2 nitrogen and oxygen atoms in total. The summed E-state index contributed by atoms with van der Waals surface area (Å²) in [6.45, 7) is 20.8. The van der Waals surface area contributed by atoms with Gasteiger partial charge in [-0.2, -0.15) is 4.40 Å². The fraction of sp³-hybridized carbons (Fsp3) is 0.324. The van der Waals surface area contributed by atoms with Gasteiger partial charge in [0.15, 0.2) is 5.69 Å². The van der Waals surface area contributed by atoms with E-state index in [4.69, 9.17) is 0 Å². The van der Waals surface area contributed by atoms with Crippen LogP contribution in [-0.4, -0.2) is 4.40 Å². The van der Waals surface area contributed by atoms with Crippen LogP contribution >= 0.6 is 0 Å². The van der Waals surface area contributed by atoms with E-state index < -0.39 is 0 Å². The van der Waals surface area contributed by atoms with E-state index in [1.165, 1.54) is 66.4 Å². The van der Waals surface area contributed by atoms with Crippen molar-refractivity contribution in [1.29, 1.82) is 0 Å². The highest BCUT2D eigenvalue weighted by atomic mass is 15.2. The van der Waals surface area contributed by atoms with Crippen molar-refractivity contribution in [3.63, 3.8) is 0 Å². The van der Waals surface area contributed by atoms with Crippen LogP contribution in [0.2, 0.25) is 0 Å². The van der Waals surface area contributed by atoms with Crippen LogP contribution in [0.1, 0.15) is 56.9 Å². The summed E-state index contributed by atoms with van der Waals surface area (Å²) >= 11 is 0. The zero-order valence-corrected chi connectivity index (χ0v) is 22.6. The SMILES string of the molecule is C=C1C2(C)c3cccc4c5cc(CC(C)(C)C)ccc5n5c(-c6c(C)cccc6C)c[n+](c5c34)C12C. The minimum Gasteiger partial charge on any atom is -0.219 e. The monoisotopic (exact) mass is 471 g/mol. The molecule has 0 bridgehead atoms. The molecule has 180 valence electrons. The second kappa shape index (κ2) is 6.48. The number of aromatic nitrogens is 2. The smallest absolute Gasteiger partial charge is 0.219 e. The summed E-state index contributed by atoms with van der Waals surface area (Å²) in [5.74, 6) is 0. The Morgan fingerprint density at radius 1 is 0.917 bits per heavy atom. The molecule has 7 rings (SSSR count). The van der Waals surface area contributed by atoms with Gasteiger partial charge in [-0.3, -0.25) is 0 Å². The molecule has 0 N–H and O–H groups in total. The normalized spacial score (nSPS) is 22.7. The molecule has 5 aromatic rings. The summed E-state index contributed by atoms with van der Waals surface area (Å²) in [4.78, 5) is 0. The molecular weight excluding hydrogens is 436 g/mol. The van der Waals surface area contributed by atoms with Crippen molar-refractivity contribution in [3.05, 3.63) is 95.2 Å². The van der Waals surface area contributed by atoms with Gasteiger partial charge in [0.2, 0.25) is 0 Å². The predicted molar refractivity (Wildman–Crippen MR) is 151 cm³/mol. The number of hydrogen-bond donors (Lipinski definition) is 0. The summed E-state index contributed by atoms with van der Waals surface area (Å²) in [5.41, 5.74) is 12.0. The zero-order valence-electron chi connectivity index (χ0n) is 22.6. The van der Waals surface area contributed by atoms with E-state index in [1.54, 1.807) is 0 Å². The first-order valence-electron chi connectivity index (χ1n) is 13.2. The second-order valence-corrected chi connectivity index (χ2v) is 12.8. The molecule has 1 aliphatic carbocycles. The number of aryl methyl sites for hydroxylation is 2. The molecule has 1 saturated carbocycles. The van der Waals surface area contributed by atoms with E-state index in [0.717, 1.165) is 6.42 Å². The Labute approximate surface area is 213 Å². The van der Waals surface area contributed by atoms with Gasteiger partial charge in [0.05, 0.1) is 10.8 Å². The lowest BCUT2D eigenvalue weighted by atomic mass is 9.85. The molecule has 0 spiro atoms. The quantitative estimate of drug-likeness (QED) is 0.140. The van der Waals surface area contributed by atoms with E-state index in [0.29, 0.717) is 0 Å². The van der Waals surface area contributed by atoms with Crippen molar-refractivity contribution in [2.24, 2.45) is 5.41 Å². The Kier molecular flexibility index (Phi) is 3.93. The van der Waals surface area contributed by atoms with E-state index in [-0.39, 0.29) is 16.4 Å². The first kappa shape index (κ1) is 21.9. The van der Waals surface area contributed by atoms with Gasteiger partial charge in [0, 0.05) is 16.3 Å². The van der Waals surface area contributed by atoms with Gasteiger partial charge in [-0.05, 0) is 79.5 Å². The number of rotatable bonds is 2. The molecule has 2 heteroatoms. The van der Waals surface area contributed by atoms with Gasteiger partial charge in [0.25, 0.3) is 5.65 Å². The van der Waals surface area contributed by atoms with Gasteiger partial charge in [-0.25, -0.2) is 4.57 Å². The highest BCUT2D eigenvalue weighted by molar-refractivity contribution is 6.14. The molecule has 3 aromatic carbocycles. The highest BCUT2D eigenvalue weighted by Crippen LogP contribution is 2.67. The molecule has 0 saturated heterocycles. The summed E-state index contributed by atoms with van der Waals surface area (Å²) in [6.07, 6.45) is 3.48. The summed E-state index contributed by atoms with van der Waals surface area (Å²) < 4.78 is 5.10. The van der Waals surface area contributed by atoms with Crippen molar-refractivity contribution in [1.82, 2.24) is 4.40 Å². The number of fused-ring (bicyclic) bond motifs is 6. The van der Waals surface area contributed by atoms with E-state index in [9.17, 15) is 0 Å². The molecule has 2 unspecified atom stereocenters. The van der Waals surface area contributed by atoms with Crippen molar-refractivity contribution in [3.8, 4) is 11.3 Å². The Balaban J connectivity index is 1.73. The molecular formula is C34H35N2+. The van der Waals surface area contributed by atoms with Crippen molar-refractivity contribution in [2.45, 2.75) is 65.8 Å². The van der Waals surface area contributed by atoms with Gasteiger partial charge >= 0.3 is 0 Å². The second-order valence-electron chi connectivity index (χ2n) is 12.8. The standard InChI is InChI=1S/C34H35N2/c1-20-11-9-12-21(2)29(20)28-19-35-31-30-24(13-10-14-26(30)33(7)22(3)34(33,35)8)25-17-23(18-32(4,5)6)15-16-27(25)36(28)31/h9-17,19H,3,18H2,1-2,4-8H3/q+1. The Bertz CT molecular complexity index is 1790. The molecule has 1 aliphatic heterocycles. The third-order valence-electron chi connectivity index (χ3n) is 9.41. The maximum absolute atomic E-state index is 4.62. The van der Waals surface area contributed by atoms with Crippen LogP contribution in [0.25, 0.3) is 38.6 Å². The van der Waals surface area contributed by atoms with Crippen LogP contribution in [0, 0.1) is 19.3 Å². The van der Waals surface area contributed by atoms with Gasteiger partial charge in [-0.15, -0.1) is 0 Å². The summed E-state index contributed by atoms with van der Waals surface area (Å²) in [7, 11) is 0. The van der Waals surface area contributed by atoms with Crippen LogP contribution in [0.4, 0.5) is 0 Å². The number of benzene rings is 3. The average Bonchev–Trinajstić information content (AvgIpc) is 3.10. The Hall–Kier alpha value is -3.39. The maximum atomic E-state index is 4.62. The van der Waals surface area contributed by atoms with Crippen LogP contribution in [0.15, 0.2) is 72.9 Å². The van der Waals surface area contributed by atoms with Crippen LogP contribution in [0.3, 0.4) is 0 Å². The maximum Gasteiger partial charge on any atom is 0.296 e. The molecule has 2 atom stereocenters. The van der Waals surface area contributed by atoms with E-state index in [1.807, 2.05) is 0 Å². The van der Waals surface area contributed by atoms with Gasteiger partial charge in [-0.1, -0.05) is 69.8 Å². The van der Waals surface area contributed by atoms with Gasteiger partial charge in [0.1, 0.15) is 17.3 Å². The van der Waals surface area contributed by atoms with E-state index in [2.05, 4.69) is 125 Å². The van der Waals surface area contributed by atoms with Crippen LogP contribution in [-0.2, 0) is 17.4 Å². The summed E-state index contributed by atoms with van der Waals surface area (Å²) in [5, 5.41) is 4.08. The van der Waals surface area contributed by atoms with Crippen molar-refractivity contribution >= 4 is 27.3 Å². The average molecular weight is 472 g/mol. The first-order valence-corrected chi connectivity index (χ1v) is 13.2. The lowest BCUT2D eigenvalue weighted by Gasteiger charge is -2.23. The lowest BCUT2D eigenvalue weighted by molar-refractivity contribution is -0.711. The largest absolute Gasteiger partial charge is 0.296 e. The fourth-order valence-electron chi connectivity index (χ4n) is 7.40. The number of allylic oxidation sites excluding steroid dienone is 1. The molecule has 1 fully saturated rings. The molecule has 3 heterocycles. The minimum atomic E-state index is -0.117. The molecule has 36 heavy (non-hydrogen) atoms. The third kappa shape index (κ3) is 2.41. The topological polar surface area (TPSA) is 8.29 Å². The predicted octanol–water partition coefficient (Wildman–Crippen LogP) is 7.96. The molecule has 0 amide bonds. The minimum absolute atomic E-state index is 0.0548. The highest BCUT2D eigenvalue weighted by Gasteiger charge is 2.74. The summed E-state index contributed by atoms with van der Waals surface area (Å²) in [6, 6.07) is 20.7. The lowest BCUT2D eigenvalue weighted by Crippen LogP contribution is -2.50. The number of imidazole rings is 1. The van der Waals surface area contributed by atoms with Crippen LogP contribution in [0.5, 0.6) is 0 Å². The number of hydrogen-bond acceptors (Lipinski definition) is 0. The first-order chi connectivity index (χ1) is 17.0. The number of nitrogens with zero attached hydrogens (tertiary/aromatic N) is 2. The Morgan fingerprint density at radius 2 is 1.61 bits per heavy atom. The van der Waals surface area contributed by atoms with Gasteiger partial charge < -0.3 is 0 Å². The number of pyridine rings is 1.